The minimum absolute atomic E-state index is 0.0569. The van der Waals surface area contributed by atoms with Gasteiger partial charge in [-0.25, -0.2) is 4.79 Å². The number of thiophene rings is 1. The fourth-order valence-corrected chi connectivity index (χ4v) is 4.62. The Kier molecular flexibility index (Phi) is 6.68. The lowest BCUT2D eigenvalue weighted by atomic mass is 9.78. The van der Waals surface area contributed by atoms with Gasteiger partial charge in [0, 0.05) is 23.9 Å². The summed E-state index contributed by atoms with van der Waals surface area (Å²) in [5.41, 5.74) is 0.0569. The number of rotatable bonds is 3. The van der Waals surface area contributed by atoms with E-state index >= 15 is 0 Å². The normalized spacial score (nSPS) is 26.3. The summed E-state index contributed by atoms with van der Waals surface area (Å²) in [5.74, 6) is -2.51. The maximum absolute atomic E-state index is 11.7. The lowest BCUT2D eigenvalue weighted by molar-refractivity contribution is -0.192. The van der Waals surface area contributed by atoms with Crippen molar-refractivity contribution in [2.75, 3.05) is 6.54 Å². The summed E-state index contributed by atoms with van der Waals surface area (Å²) in [6.07, 6.45) is 0.112. The number of amides is 1. The number of carbonyl (C=O) groups is 2. The van der Waals surface area contributed by atoms with E-state index < -0.39 is 12.1 Å². The molecule has 0 bridgehead atoms. The van der Waals surface area contributed by atoms with E-state index in [1.807, 2.05) is 11.3 Å². The molecular formula is C17H23F3N2O3S. The molecule has 0 aromatic carbocycles. The molecule has 0 saturated carbocycles. The van der Waals surface area contributed by atoms with Gasteiger partial charge in [-0.3, -0.25) is 9.69 Å². The molecule has 0 radical (unpaired) electrons. The second-order valence-electron chi connectivity index (χ2n) is 6.58. The zero-order valence-electron chi connectivity index (χ0n) is 14.5. The lowest BCUT2D eigenvalue weighted by Gasteiger charge is -2.48. The Morgan fingerprint density at radius 2 is 2.15 bits per heavy atom. The van der Waals surface area contributed by atoms with Gasteiger partial charge in [0.1, 0.15) is 0 Å². The highest BCUT2D eigenvalue weighted by Gasteiger charge is 2.47. The minimum Gasteiger partial charge on any atom is -0.475 e. The molecule has 2 atom stereocenters. The van der Waals surface area contributed by atoms with E-state index in [1.165, 1.54) is 11.3 Å². The summed E-state index contributed by atoms with van der Waals surface area (Å²) in [6.45, 7) is 4.45. The third-order valence-electron chi connectivity index (χ3n) is 4.90. The molecule has 1 amide bonds. The number of likely N-dealkylation sites (tertiary alicyclic amines) is 1. The molecule has 0 unspecified atom stereocenters. The van der Waals surface area contributed by atoms with Crippen LogP contribution in [0.2, 0.25) is 0 Å². The van der Waals surface area contributed by atoms with Gasteiger partial charge in [0.2, 0.25) is 5.91 Å². The second-order valence-corrected chi connectivity index (χ2v) is 7.62. The number of alkyl halides is 3. The fraction of sp³-hybridized carbons (Fsp3) is 0.647. The Hall–Kier alpha value is -1.61. The first-order valence-corrected chi connectivity index (χ1v) is 9.43. The topological polar surface area (TPSA) is 69.6 Å². The first-order chi connectivity index (χ1) is 12.2. The van der Waals surface area contributed by atoms with Gasteiger partial charge in [-0.05, 0) is 43.7 Å². The summed E-state index contributed by atoms with van der Waals surface area (Å²) in [7, 11) is 0. The lowest BCUT2D eigenvalue weighted by Crippen LogP contribution is -2.61. The highest BCUT2D eigenvalue weighted by molar-refractivity contribution is 7.09. The Bertz CT molecular complexity index is 621. The van der Waals surface area contributed by atoms with Crippen molar-refractivity contribution in [3.05, 3.63) is 22.4 Å². The third kappa shape index (κ3) is 4.97. The molecule has 146 valence electrons. The fourth-order valence-electron chi connectivity index (χ4n) is 3.89. The van der Waals surface area contributed by atoms with Crippen LogP contribution in [0.15, 0.2) is 17.5 Å². The Morgan fingerprint density at radius 3 is 2.62 bits per heavy atom. The molecule has 2 N–H and O–H groups in total. The van der Waals surface area contributed by atoms with E-state index in [2.05, 4.69) is 34.7 Å². The first-order valence-electron chi connectivity index (χ1n) is 8.55. The number of hydrogen-bond acceptors (Lipinski definition) is 4. The van der Waals surface area contributed by atoms with Crippen LogP contribution >= 0.6 is 11.3 Å². The summed E-state index contributed by atoms with van der Waals surface area (Å²) in [6, 6.07) is 4.83. The highest BCUT2D eigenvalue weighted by Crippen LogP contribution is 2.37. The molecule has 2 fully saturated rings. The van der Waals surface area contributed by atoms with Crippen LogP contribution in [0.5, 0.6) is 0 Å². The zero-order chi connectivity index (χ0) is 19.4. The SMILES string of the molecule is CC[C@@H]1N(Cc2cccs2)CCC[C@]12CCC(=O)N2.O=C(O)C(F)(F)F. The van der Waals surface area contributed by atoms with Gasteiger partial charge in [0.05, 0.1) is 5.54 Å². The van der Waals surface area contributed by atoms with E-state index in [4.69, 9.17) is 9.90 Å². The summed E-state index contributed by atoms with van der Waals surface area (Å²) >= 11 is 1.83. The van der Waals surface area contributed by atoms with Crippen LogP contribution in [-0.2, 0) is 16.1 Å². The number of carbonyl (C=O) groups excluding carboxylic acids is 1. The maximum Gasteiger partial charge on any atom is 0.490 e. The van der Waals surface area contributed by atoms with Crippen LogP contribution in [0.1, 0.15) is 43.9 Å². The monoisotopic (exact) mass is 392 g/mol. The largest absolute Gasteiger partial charge is 0.490 e. The van der Waals surface area contributed by atoms with E-state index in [1.54, 1.807) is 0 Å². The molecule has 0 aliphatic carbocycles. The predicted octanol–water partition coefficient (Wildman–Crippen LogP) is 3.40. The Morgan fingerprint density at radius 1 is 1.46 bits per heavy atom. The van der Waals surface area contributed by atoms with Crippen LogP contribution in [0.3, 0.4) is 0 Å². The van der Waals surface area contributed by atoms with E-state index in [0.717, 1.165) is 32.4 Å². The molecular weight excluding hydrogens is 369 g/mol. The number of nitrogens with zero attached hydrogens (tertiary/aromatic N) is 1. The number of nitrogens with one attached hydrogen (secondary N) is 1. The van der Waals surface area contributed by atoms with E-state index in [9.17, 15) is 18.0 Å². The maximum atomic E-state index is 11.7. The van der Waals surface area contributed by atoms with Crippen molar-refractivity contribution in [1.82, 2.24) is 10.2 Å². The Labute approximate surface area is 154 Å². The van der Waals surface area contributed by atoms with Crippen LogP contribution < -0.4 is 5.32 Å². The van der Waals surface area contributed by atoms with Crippen LogP contribution in [-0.4, -0.2) is 46.2 Å². The van der Waals surface area contributed by atoms with Crippen molar-refractivity contribution >= 4 is 23.2 Å². The van der Waals surface area contributed by atoms with Gasteiger partial charge in [0.15, 0.2) is 0 Å². The average Bonchev–Trinajstić information content (AvgIpc) is 3.18. The summed E-state index contributed by atoms with van der Waals surface area (Å²) in [5, 5.41) is 12.6. The zero-order valence-corrected chi connectivity index (χ0v) is 15.3. The smallest absolute Gasteiger partial charge is 0.475 e. The molecule has 1 aromatic heterocycles. The van der Waals surface area contributed by atoms with Crippen LogP contribution in [0, 0.1) is 0 Å². The standard InChI is InChI=1S/C15H22N2OS.C2HF3O2/c1-2-13-15(8-6-14(18)16-15)7-4-9-17(13)11-12-5-3-10-19-12;3-2(4,5)1(6)7/h3,5,10,13H,2,4,6-9,11H2,1H3,(H,16,18);(H,6,7)/t13-,15-;/m0./s1. The highest BCUT2D eigenvalue weighted by atomic mass is 32.1. The predicted molar refractivity (Wildman–Crippen MR) is 91.8 cm³/mol. The van der Waals surface area contributed by atoms with Gasteiger partial charge >= 0.3 is 12.1 Å². The average molecular weight is 392 g/mol. The third-order valence-corrected chi connectivity index (χ3v) is 5.76. The molecule has 1 aromatic rings. The number of aliphatic carboxylic acids is 1. The van der Waals surface area contributed by atoms with Crippen molar-refractivity contribution in [2.24, 2.45) is 0 Å². The van der Waals surface area contributed by atoms with Crippen LogP contribution in [0.25, 0.3) is 0 Å². The number of hydrogen-bond donors (Lipinski definition) is 2. The van der Waals surface area contributed by atoms with Crippen molar-refractivity contribution in [3.8, 4) is 0 Å². The number of carboxylic acid groups (broad SMARTS) is 1. The van der Waals surface area contributed by atoms with Gasteiger partial charge in [-0.2, -0.15) is 13.2 Å². The second kappa shape index (κ2) is 8.39. The number of carboxylic acids is 1. The Balaban J connectivity index is 0.000000298. The summed E-state index contributed by atoms with van der Waals surface area (Å²) in [4.78, 5) is 24.6. The molecule has 2 aliphatic rings. The number of piperidine rings is 1. The molecule has 1 spiro atoms. The van der Waals surface area contributed by atoms with Gasteiger partial charge < -0.3 is 10.4 Å². The van der Waals surface area contributed by atoms with Crippen LogP contribution in [0.4, 0.5) is 13.2 Å². The minimum atomic E-state index is -5.08. The molecule has 26 heavy (non-hydrogen) atoms. The van der Waals surface area contributed by atoms with Crippen molar-refractivity contribution in [2.45, 2.75) is 63.3 Å². The molecule has 2 saturated heterocycles. The first kappa shape index (κ1) is 20.7. The quantitative estimate of drug-likeness (QED) is 0.827. The molecule has 3 rings (SSSR count). The van der Waals surface area contributed by atoms with Gasteiger partial charge in [0.25, 0.3) is 0 Å². The molecule has 2 aliphatic heterocycles. The number of halogens is 3. The molecule has 9 heteroatoms. The van der Waals surface area contributed by atoms with Crippen molar-refractivity contribution < 1.29 is 27.9 Å². The van der Waals surface area contributed by atoms with Crippen molar-refractivity contribution in [1.29, 1.82) is 0 Å². The summed E-state index contributed by atoms with van der Waals surface area (Å²) < 4.78 is 31.7. The van der Waals surface area contributed by atoms with E-state index in [-0.39, 0.29) is 11.4 Å². The molecule has 5 nitrogen and oxygen atoms in total. The van der Waals surface area contributed by atoms with E-state index in [0.29, 0.717) is 12.5 Å². The molecule has 3 heterocycles. The van der Waals surface area contributed by atoms with Crippen molar-refractivity contribution in [3.63, 3.8) is 0 Å². The van der Waals surface area contributed by atoms with Gasteiger partial charge in [-0.15, -0.1) is 11.3 Å². The van der Waals surface area contributed by atoms with Gasteiger partial charge in [-0.1, -0.05) is 13.0 Å².